The van der Waals surface area contributed by atoms with Gasteiger partial charge in [-0.2, -0.15) is 11.8 Å². The average molecular weight is 240 g/mol. The monoisotopic (exact) mass is 240 g/mol. The SMILES string of the molecule is Cc1nc(CSCC(C)C)nc(NN)c1C. The van der Waals surface area contributed by atoms with E-state index in [2.05, 4.69) is 29.2 Å². The predicted octanol–water partition coefficient (Wildman–Crippen LogP) is 2.27. The quantitative estimate of drug-likeness (QED) is 0.610. The maximum Gasteiger partial charge on any atom is 0.146 e. The second-order valence-corrected chi connectivity index (χ2v) is 5.28. The molecule has 0 aromatic carbocycles. The molecule has 16 heavy (non-hydrogen) atoms. The third kappa shape index (κ3) is 3.64. The fourth-order valence-corrected chi connectivity index (χ4v) is 2.18. The molecule has 0 saturated carbocycles. The lowest BCUT2D eigenvalue weighted by atomic mass is 10.2. The smallest absolute Gasteiger partial charge is 0.146 e. The van der Waals surface area contributed by atoms with Crippen LogP contribution in [0.5, 0.6) is 0 Å². The molecule has 1 heterocycles. The Hall–Kier alpha value is -0.810. The Balaban J connectivity index is 2.70. The van der Waals surface area contributed by atoms with Crippen LogP contribution in [0.15, 0.2) is 0 Å². The number of hydrogen-bond acceptors (Lipinski definition) is 5. The molecule has 4 nitrogen and oxygen atoms in total. The number of anilines is 1. The number of nitrogen functional groups attached to an aromatic ring is 1. The first-order chi connectivity index (χ1) is 7.54. The fraction of sp³-hybridized carbons (Fsp3) is 0.636. The van der Waals surface area contributed by atoms with Crippen LogP contribution in [0, 0.1) is 19.8 Å². The van der Waals surface area contributed by atoms with E-state index < -0.39 is 0 Å². The number of hydrogen-bond donors (Lipinski definition) is 2. The zero-order valence-corrected chi connectivity index (χ0v) is 11.2. The van der Waals surface area contributed by atoms with Gasteiger partial charge < -0.3 is 5.43 Å². The number of thioether (sulfide) groups is 1. The van der Waals surface area contributed by atoms with Gasteiger partial charge in [0.25, 0.3) is 0 Å². The average Bonchev–Trinajstić information content (AvgIpc) is 2.22. The van der Waals surface area contributed by atoms with Crippen molar-refractivity contribution in [3.63, 3.8) is 0 Å². The van der Waals surface area contributed by atoms with Crippen LogP contribution in [0.2, 0.25) is 0 Å². The first kappa shape index (κ1) is 13.3. The van der Waals surface area contributed by atoms with Crippen molar-refractivity contribution in [2.75, 3.05) is 11.2 Å². The van der Waals surface area contributed by atoms with Crippen LogP contribution in [-0.2, 0) is 5.75 Å². The van der Waals surface area contributed by atoms with Gasteiger partial charge in [-0.05, 0) is 25.5 Å². The highest BCUT2D eigenvalue weighted by Crippen LogP contribution is 2.17. The maximum atomic E-state index is 5.42. The summed E-state index contributed by atoms with van der Waals surface area (Å²) in [4.78, 5) is 8.83. The van der Waals surface area contributed by atoms with Crippen molar-refractivity contribution in [2.24, 2.45) is 11.8 Å². The largest absolute Gasteiger partial charge is 0.308 e. The topological polar surface area (TPSA) is 63.8 Å². The van der Waals surface area contributed by atoms with Crippen molar-refractivity contribution in [1.29, 1.82) is 0 Å². The van der Waals surface area contributed by atoms with E-state index in [1.54, 1.807) is 0 Å². The summed E-state index contributed by atoms with van der Waals surface area (Å²) in [5.41, 5.74) is 4.62. The molecule has 90 valence electrons. The van der Waals surface area contributed by atoms with Gasteiger partial charge >= 0.3 is 0 Å². The highest BCUT2D eigenvalue weighted by molar-refractivity contribution is 7.98. The number of rotatable bonds is 5. The summed E-state index contributed by atoms with van der Waals surface area (Å²) in [6.45, 7) is 8.37. The Kier molecular flexibility index (Phi) is 5.02. The van der Waals surface area contributed by atoms with E-state index in [1.807, 2.05) is 25.6 Å². The predicted molar refractivity (Wildman–Crippen MR) is 70.3 cm³/mol. The molecule has 0 fully saturated rings. The molecule has 0 unspecified atom stereocenters. The minimum absolute atomic E-state index is 0.698. The summed E-state index contributed by atoms with van der Waals surface area (Å²) in [7, 11) is 0. The summed E-state index contributed by atoms with van der Waals surface area (Å²) in [5.74, 6) is 9.66. The molecule has 0 aliphatic heterocycles. The van der Waals surface area contributed by atoms with Crippen molar-refractivity contribution in [2.45, 2.75) is 33.4 Å². The molecule has 0 aliphatic carbocycles. The molecule has 0 saturated heterocycles. The first-order valence-electron chi connectivity index (χ1n) is 5.43. The van der Waals surface area contributed by atoms with Gasteiger partial charge in [-0.25, -0.2) is 15.8 Å². The van der Waals surface area contributed by atoms with Crippen molar-refractivity contribution in [3.05, 3.63) is 17.1 Å². The number of hydrazine groups is 1. The van der Waals surface area contributed by atoms with Crippen molar-refractivity contribution in [1.82, 2.24) is 9.97 Å². The molecule has 0 bridgehead atoms. The third-order valence-corrected chi connectivity index (χ3v) is 3.62. The number of nitrogens with two attached hydrogens (primary N) is 1. The van der Waals surface area contributed by atoms with Gasteiger partial charge in [0, 0.05) is 11.3 Å². The summed E-state index contributed by atoms with van der Waals surface area (Å²) >= 11 is 1.85. The zero-order valence-electron chi connectivity index (χ0n) is 10.4. The van der Waals surface area contributed by atoms with Gasteiger partial charge in [0.15, 0.2) is 0 Å². The minimum Gasteiger partial charge on any atom is -0.308 e. The van der Waals surface area contributed by atoms with Gasteiger partial charge in [-0.15, -0.1) is 0 Å². The highest BCUT2D eigenvalue weighted by atomic mass is 32.2. The van der Waals surface area contributed by atoms with Crippen LogP contribution in [-0.4, -0.2) is 15.7 Å². The van der Waals surface area contributed by atoms with Crippen molar-refractivity contribution in [3.8, 4) is 0 Å². The molecule has 3 N–H and O–H groups in total. The van der Waals surface area contributed by atoms with Crippen molar-refractivity contribution < 1.29 is 0 Å². The molecular weight excluding hydrogens is 220 g/mol. The summed E-state index contributed by atoms with van der Waals surface area (Å²) in [5, 5.41) is 0. The van der Waals surface area contributed by atoms with Crippen LogP contribution in [0.1, 0.15) is 30.9 Å². The number of nitrogens with zero attached hydrogens (tertiary/aromatic N) is 2. The molecule has 0 spiro atoms. The lowest BCUT2D eigenvalue weighted by Crippen LogP contribution is -2.13. The molecule has 1 aromatic heterocycles. The Bertz CT molecular complexity index is 352. The molecule has 0 radical (unpaired) electrons. The Morgan fingerprint density at radius 2 is 2.00 bits per heavy atom. The molecule has 0 aliphatic rings. The normalized spacial score (nSPS) is 10.9. The van der Waals surface area contributed by atoms with Crippen LogP contribution < -0.4 is 11.3 Å². The third-order valence-electron chi connectivity index (χ3n) is 2.25. The Morgan fingerprint density at radius 3 is 2.56 bits per heavy atom. The van der Waals surface area contributed by atoms with Crippen LogP contribution in [0.25, 0.3) is 0 Å². The molecule has 0 amide bonds. The number of nitrogens with one attached hydrogen (secondary N) is 1. The first-order valence-corrected chi connectivity index (χ1v) is 6.58. The van der Waals surface area contributed by atoms with Gasteiger partial charge in [0.05, 0.1) is 5.75 Å². The van der Waals surface area contributed by atoms with Crippen molar-refractivity contribution >= 4 is 17.6 Å². The van der Waals surface area contributed by atoms with Gasteiger partial charge in [-0.1, -0.05) is 13.8 Å². The maximum absolute atomic E-state index is 5.42. The zero-order chi connectivity index (χ0) is 12.1. The number of aryl methyl sites for hydroxylation is 1. The number of aromatic nitrogens is 2. The molecule has 1 rings (SSSR count). The Morgan fingerprint density at radius 1 is 1.31 bits per heavy atom. The molecular formula is C11H20N4S. The van der Waals surface area contributed by atoms with Gasteiger partial charge in [-0.3, -0.25) is 0 Å². The summed E-state index contributed by atoms with van der Waals surface area (Å²) in [6, 6.07) is 0. The summed E-state index contributed by atoms with van der Waals surface area (Å²) in [6.07, 6.45) is 0. The molecule has 0 atom stereocenters. The summed E-state index contributed by atoms with van der Waals surface area (Å²) < 4.78 is 0. The van der Waals surface area contributed by atoms with E-state index in [4.69, 9.17) is 5.84 Å². The van der Waals surface area contributed by atoms with E-state index in [9.17, 15) is 0 Å². The lowest BCUT2D eigenvalue weighted by Gasteiger charge is -2.09. The molecule has 5 heteroatoms. The lowest BCUT2D eigenvalue weighted by molar-refractivity contribution is 0.749. The standard InChI is InChI=1S/C11H20N4S/c1-7(2)5-16-6-10-13-9(4)8(3)11(14-10)15-12/h7H,5-6,12H2,1-4H3,(H,13,14,15). The van der Waals surface area contributed by atoms with Gasteiger partial charge in [0.2, 0.25) is 0 Å². The van der Waals surface area contributed by atoms with E-state index in [-0.39, 0.29) is 0 Å². The molecule has 1 aromatic rings. The van der Waals surface area contributed by atoms with Crippen LogP contribution >= 0.6 is 11.8 Å². The Labute approximate surface area is 101 Å². The van der Waals surface area contributed by atoms with E-state index in [0.717, 1.165) is 34.4 Å². The van der Waals surface area contributed by atoms with E-state index >= 15 is 0 Å². The van der Waals surface area contributed by atoms with Crippen LogP contribution in [0.3, 0.4) is 0 Å². The highest BCUT2D eigenvalue weighted by Gasteiger charge is 2.07. The second-order valence-electron chi connectivity index (χ2n) is 4.25. The van der Waals surface area contributed by atoms with E-state index in [1.165, 1.54) is 0 Å². The minimum atomic E-state index is 0.698. The van der Waals surface area contributed by atoms with Gasteiger partial charge in [0.1, 0.15) is 11.6 Å². The fourth-order valence-electron chi connectivity index (χ4n) is 1.28. The van der Waals surface area contributed by atoms with E-state index in [0.29, 0.717) is 5.92 Å². The second kappa shape index (κ2) is 6.06. The van der Waals surface area contributed by atoms with Crippen LogP contribution in [0.4, 0.5) is 5.82 Å².